The Morgan fingerprint density at radius 1 is 0.273 bits per heavy atom. The van der Waals surface area contributed by atoms with E-state index < -0.39 is 0 Å². The molecule has 1 heterocycles. The number of hydrogen-bond acceptors (Lipinski definition) is 3. The second-order valence-corrected chi connectivity index (χ2v) is 13.7. The molecule has 0 amide bonds. The summed E-state index contributed by atoms with van der Waals surface area (Å²) in [5, 5.41) is 2.24. The molecule has 3 nitrogen and oxygen atoms in total. The summed E-state index contributed by atoms with van der Waals surface area (Å²) in [5.41, 5.74) is 13.1. The highest BCUT2D eigenvalue weighted by Gasteiger charge is 2.30. The van der Waals surface area contributed by atoms with Crippen LogP contribution in [0.3, 0.4) is 0 Å². The number of rotatable bonds is 8. The van der Waals surface area contributed by atoms with E-state index in [1.54, 1.807) is 0 Å². The maximum atomic E-state index is 7.32. The summed E-state index contributed by atoms with van der Waals surface area (Å²) >= 11 is 0. The van der Waals surface area contributed by atoms with Gasteiger partial charge in [0.15, 0.2) is 11.5 Å². The van der Waals surface area contributed by atoms with E-state index in [2.05, 4.69) is 228 Å². The molecule has 0 saturated heterocycles. The first-order valence-corrected chi connectivity index (χ1v) is 18.7. The predicted octanol–water partition coefficient (Wildman–Crippen LogP) is 14.9. The Morgan fingerprint density at radius 2 is 0.691 bits per heavy atom. The number of fused-ring (bicyclic) bond motifs is 2. The Bertz CT molecular complexity index is 2710. The van der Waals surface area contributed by atoms with Crippen LogP contribution in [0.25, 0.3) is 44.2 Å². The molecule has 55 heavy (non-hydrogen) atoms. The Hall–Kier alpha value is -7.36. The van der Waals surface area contributed by atoms with Crippen LogP contribution >= 0.6 is 0 Å². The minimum absolute atomic E-state index is 0.824. The summed E-state index contributed by atoms with van der Waals surface area (Å²) < 4.78 is 7.32. The second-order valence-electron chi connectivity index (χ2n) is 13.7. The maximum Gasteiger partial charge on any atom is 0.160 e. The molecule has 0 atom stereocenters. The minimum Gasteiger partial charge on any atom is -0.452 e. The normalized spacial score (nSPS) is 11.4. The van der Waals surface area contributed by atoms with Crippen molar-refractivity contribution in [3.63, 3.8) is 0 Å². The van der Waals surface area contributed by atoms with E-state index in [1.807, 2.05) is 0 Å². The summed E-state index contributed by atoms with van der Waals surface area (Å²) in [6.07, 6.45) is 0. The first-order valence-electron chi connectivity index (χ1n) is 18.7. The molecule has 10 rings (SSSR count). The Balaban J connectivity index is 1.11. The fourth-order valence-electron chi connectivity index (χ4n) is 7.84. The summed E-state index contributed by atoms with van der Waals surface area (Å²) in [4.78, 5) is 4.60. The monoisotopic (exact) mass is 704 g/mol. The van der Waals surface area contributed by atoms with Gasteiger partial charge in [-0.2, -0.15) is 0 Å². The van der Waals surface area contributed by atoms with Crippen molar-refractivity contribution >= 4 is 44.9 Å². The van der Waals surface area contributed by atoms with Crippen molar-refractivity contribution in [1.29, 1.82) is 0 Å². The van der Waals surface area contributed by atoms with Crippen molar-refractivity contribution in [1.82, 2.24) is 0 Å². The van der Waals surface area contributed by atoms with E-state index in [9.17, 15) is 0 Å². The van der Waals surface area contributed by atoms with Crippen LogP contribution in [-0.2, 0) is 0 Å². The number of benzene rings is 9. The highest BCUT2D eigenvalue weighted by atomic mass is 16.5. The molecule has 260 valence electrons. The van der Waals surface area contributed by atoms with Crippen LogP contribution in [0.5, 0.6) is 11.5 Å². The zero-order valence-corrected chi connectivity index (χ0v) is 30.1. The van der Waals surface area contributed by atoms with Crippen molar-refractivity contribution in [3.8, 4) is 44.9 Å². The Kier molecular flexibility index (Phi) is 8.16. The second kappa shape index (κ2) is 13.9. The molecule has 0 saturated carbocycles. The Labute approximate surface area is 321 Å². The van der Waals surface area contributed by atoms with Gasteiger partial charge in [0.2, 0.25) is 0 Å². The average Bonchev–Trinajstić information content (AvgIpc) is 3.27. The summed E-state index contributed by atoms with van der Waals surface area (Å²) in [7, 11) is 0. The molecule has 0 unspecified atom stereocenters. The number of anilines is 6. The van der Waals surface area contributed by atoms with E-state index in [0.29, 0.717) is 0 Å². The minimum atomic E-state index is 0.824. The highest BCUT2D eigenvalue weighted by Crippen LogP contribution is 2.56. The molecule has 0 aromatic heterocycles. The molecule has 1 aliphatic rings. The van der Waals surface area contributed by atoms with Crippen molar-refractivity contribution in [2.24, 2.45) is 0 Å². The standard InChI is InChI=1S/C52H36N2O/c1-5-15-37(16-6-1)38-27-29-39(30-28-38)40-31-34-45(35-32-40)54(44-22-11-4-12-23-44)49-36-33-41-17-13-24-46-47-25-14-26-48(51(47)55-52(49)50(41)46)53(42-18-7-2-8-19-42)43-20-9-3-10-21-43/h1-36H. The third-order valence-electron chi connectivity index (χ3n) is 10.4. The van der Waals surface area contributed by atoms with E-state index in [1.165, 1.54) is 16.7 Å². The van der Waals surface area contributed by atoms with Gasteiger partial charge < -0.3 is 14.5 Å². The zero-order chi connectivity index (χ0) is 36.6. The van der Waals surface area contributed by atoms with Gasteiger partial charge in [-0.05, 0) is 93.9 Å². The SMILES string of the molecule is c1ccc(-c2ccc(-c3ccc(N(c4ccccc4)c4ccc5cccc6c5c4Oc4c-6cccc4N(c4ccccc4)c4ccccc4)cc3)cc2)cc1. The molecule has 0 fully saturated rings. The maximum absolute atomic E-state index is 7.32. The van der Waals surface area contributed by atoms with Gasteiger partial charge in [0.05, 0.1) is 11.4 Å². The van der Waals surface area contributed by atoms with Crippen molar-refractivity contribution in [2.75, 3.05) is 9.80 Å². The van der Waals surface area contributed by atoms with Crippen LogP contribution in [0.15, 0.2) is 218 Å². The van der Waals surface area contributed by atoms with E-state index in [0.717, 1.165) is 73.1 Å². The fourth-order valence-corrected chi connectivity index (χ4v) is 7.84. The van der Waals surface area contributed by atoms with Crippen LogP contribution < -0.4 is 14.5 Å². The van der Waals surface area contributed by atoms with Crippen LogP contribution in [0, 0.1) is 0 Å². The number of para-hydroxylation sites is 4. The lowest BCUT2D eigenvalue weighted by Gasteiger charge is -2.33. The third-order valence-corrected chi connectivity index (χ3v) is 10.4. The lowest BCUT2D eigenvalue weighted by Crippen LogP contribution is -2.14. The number of ether oxygens (including phenoxy) is 1. The highest BCUT2D eigenvalue weighted by molar-refractivity contribution is 6.09. The zero-order valence-electron chi connectivity index (χ0n) is 30.1. The van der Waals surface area contributed by atoms with Gasteiger partial charge in [-0.1, -0.05) is 158 Å². The van der Waals surface area contributed by atoms with Crippen molar-refractivity contribution < 1.29 is 4.74 Å². The lowest BCUT2D eigenvalue weighted by atomic mass is 9.93. The van der Waals surface area contributed by atoms with Gasteiger partial charge in [0.1, 0.15) is 0 Å². The predicted molar refractivity (Wildman–Crippen MR) is 230 cm³/mol. The molecule has 3 heteroatoms. The lowest BCUT2D eigenvalue weighted by molar-refractivity contribution is 0.489. The van der Waals surface area contributed by atoms with Crippen molar-refractivity contribution in [2.45, 2.75) is 0 Å². The van der Waals surface area contributed by atoms with Gasteiger partial charge in [-0.3, -0.25) is 0 Å². The Morgan fingerprint density at radius 3 is 1.24 bits per heavy atom. The molecular formula is C52H36N2O. The first-order chi connectivity index (χ1) is 27.3. The van der Waals surface area contributed by atoms with Gasteiger partial charge >= 0.3 is 0 Å². The number of nitrogens with zero attached hydrogens (tertiary/aromatic N) is 2. The summed E-state index contributed by atoms with van der Waals surface area (Å²) in [6, 6.07) is 77.2. The molecule has 0 aliphatic carbocycles. The fraction of sp³-hybridized carbons (Fsp3) is 0. The summed E-state index contributed by atoms with van der Waals surface area (Å²) in [5.74, 6) is 1.66. The first kappa shape index (κ1) is 32.3. The van der Waals surface area contributed by atoms with Gasteiger partial charge in [-0.25, -0.2) is 0 Å². The topological polar surface area (TPSA) is 15.7 Å². The van der Waals surface area contributed by atoms with Crippen LogP contribution in [0.1, 0.15) is 0 Å². The van der Waals surface area contributed by atoms with Crippen LogP contribution in [-0.4, -0.2) is 0 Å². The largest absolute Gasteiger partial charge is 0.452 e. The van der Waals surface area contributed by atoms with Gasteiger partial charge in [0, 0.05) is 33.7 Å². The molecule has 9 aromatic rings. The van der Waals surface area contributed by atoms with E-state index in [-0.39, 0.29) is 0 Å². The smallest absolute Gasteiger partial charge is 0.160 e. The molecule has 1 aliphatic heterocycles. The quantitative estimate of drug-likeness (QED) is 0.157. The summed E-state index contributed by atoms with van der Waals surface area (Å²) in [6.45, 7) is 0. The molecule has 0 radical (unpaired) electrons. The average molecular weight is 705 g/mol. The molecule has 0 N–H and O–H groups in total. The van der Waals surface area contributed by atoms with E-state index in [4.69, 9.17) is 4.74 Å². The van der Waals surface area contributed by atoms with Crippen LogP contribution in [0.2, 0.25) is 0 Å². The van der Waals surface area contributed by atoms with Crippen molar-refractivity contribution in [3.05, 3.63) is 218 Å². The molecule has 0 bridgehead atoms. The molecular weight excluding hydrogens is 669 g/mol. The molecule has 0 spiro atoms. The third kappa shape index (κ3) is 5.89. The van der Waals surface area contributed by atoms with Crippen LogP contribution in [0.4, 0.5) is 34.1 Å². The van der Waals surface area contributed by atoms with Gasteiger partial charge in [-0.15, -0.1) is 0 Å². The number of hydrogen-bond donors (Lipinski definition) is 0. The van der Waals surface area contributed by atoms with E-state index >= 15 is 0 Å². The van der Waals surface area contributed by atoms with Gasteiger partial charge in [0.25, 0.3) is 0 Å². The molecule has 9 aromatic carbocycles.